The van der Waals surface area contributed by atoms with E-state index in [1.54, 1.807) is 18.0 Å². The molecule has 0 radical (unpaired) electrons. The molecule has 2 amide bonds. The molecule has 0 saturated carbocycles. The fourth-order valence-corrected chi connectivity index (χ4v) is 1.44. The van der Waals surface area contributed by atoms with Gasteiger partial charge in [-0.1, -0.05) is 19.9 Å². The highest BCUT2D eigenvalue weighted by Gasteiger charge is 2.09. The van der Waals surface area contributed by atoms with Crippen LogP contribution in [-0.2, 0) is 14.4 Å². The SMILES string of the molecule is CC(C)NC=O.CCC(C)C(=O)/C=C/CN(C)CC(=O)N(C)CC. The van der Waals surface area contributed by atoms with E-state index in [0.29, 0.717) is 19.5 Å². The van der Waals surface area contributed by atoms with Crippen LogP contribution in [0.5, 0.6) is 0 Å². The lowest BCUT2D eigenvalue weighted by atomic mass is 10.0. The molecule has 0 saturated heterocycles. The van der Waals surface area contributed by atoms with Crippen LogP contribution in [0.4, 0.5) is 0 Å². The van der Waals surface area contributed by atoms with Crippen molar-refractivity contribution < 1.29 is 14.4 Å². The third-order valence-corrected chi connectivity index (χ3v) is 3.50. The first-order chi connectivity index (χ1) is 11.2. The first-order valence-electron chi connectivity index (χ1n) is 8.52. The Kier molecular flexibility index (Phi) is 15.2. The molecule has 0 bridgehead atoms. The number of likely N-dealkylation sites (N-methyl/N-ethyl adjacent to an activating group) is 2. The minimum absolute atomic E-state index is 0.0828. The van der Waals surface area contributed by atoms with Gasteiger partial charge in [-0.3, -0.25) is 19.3 Å². The van der Waals surface area contributed by atoms with Crippen molar-refractivity contribution >= 4 is 18.1 Å². The lowest BCUT2D eigenvalue weighted by Gasteiger charge is -2.19. The predicted molar refractivity (Wildman–Crippen MR) is 98.7 cm³/mol. The molecular weight excluding hydrogens is 306 g/mol. The van der Waals surface area contributed by atoms with E-state index in [9.17, 15) is 14.4 Å². The summed E-state index contributed by atoms with van der Waals surface area (Å²) in [6.45, 7) is 11.4. The maximum Gasteiger partial charge on any atom is 0.236 e. The standard InChI is InChI=1S/C14H26N2O2.C4H9NO/c1-6-12(3)13(17)9-8-10-15(4)11-14(18)16(5)7-2;1-4(2)5-3-6/h8-9,12H,6-7,10-11H2,1-5H3;3-4H,1-2H3,(H,5,6)/b9-8+;. The van der Waals surface area contributed by atoms with E-state index in [-0.39, 0.29) is 23.7 Å². The zero-order valence-electron chi connectivity index (χ0n) is 16.3. The summed E-state index contributed by atoms with van der Waals surface area (Å²) >= 11 is 0. The molecule has 0 aromatic carbocycles. The van der Waals surface area contributed by atoms with Crippen LogP contribution in [0.3, 0.4) is 0 Å². The van der Waals surface area contributed by atoms with Crippen LogP contribution in [0.25, 0.3) is 0 Å². The van der Waals surface area contributed by atoms with Gasteiger partial charge in [0.2, 0.25) is 12.3 Å². The molecular formula is C18H35N3O3. The number of allylic oxidation sites excluding steroid dienone is 1. The van der Waals surface area contributed by atoms with Gasteiger partial charge in [-0.15, -0.1) is 0 Å². The normalized spacial score (nSPS) is 11.9. The lowest BCUT2D eigenvalue weighted by molar-refractivity contribution is -0.130. The highest BCUT2D eigenvalue weighted by atomic mass is 16.2. The van der Waals surface area contributed by atoms with Crippen LogP contribution in [-0.4, -0.2) is 67.7 Å². The van der Waals surface area contributed by atoms with Gasteiger partial charge in [-0.05, 0) is 40.3 Å². The summed E-state index contributed by atoms with van der Waals surface area (Å²) in [6.07, 6.45) is 5.01. The van der Waals surface area contributed by atoms with Crippen LogP contribution in [0, 0.1) is 5.92 Å². The van der Waals surface area contributed by atoms with Gasteiger partial charge >= 0.3 is 0 Å². The first-order valence-corrected chi connectivity index (χ1v) is 8.52. The Bertz CT molecular complexity index is 395. The smallest absolute Gasteiger partial charge is 0.236 e. The summed E-state index contributed by atoms with van der Waals surface area (Å²) in [5.74, 6) is 0.337. The molecule has 1 N–H and O–H groups in total. The molecule has 1 unspecified atom stereocenters. The van der Waals surface area contributed by atoms with Crippen LogP contribution in [0.2, 0.25) is 0 Å². The molecule has 0 heterocycles. The van der Waals surface area contributed by atoms with Crippen LogP contribution < -0.4 is 5.32 Å². The van der Waals surface area contributed by atoms with Crippen LogP contribution in [0.1, 0.15) is 41.0 Å². The van der Waals surface area contributed by atoms with Crippen molar-refractivity contribution in [1.82, 2.24) is 15.1 Å². The number of rotatable bonds is 10. The Morgan fingerprint density at radius 3 is 2.08 bits per heavy atom. The number of carbonyl (C=O) groups excluding carboxylic acids is 3. The summed E-state index contributed by atoms with van der Waals surface area (Å²) in [7, 11) is 3.66. The van der Waals surface area contributed by atoms with Crippen molar-refractivity contribution in [2.45, 2.75) is 47.1 Å². The van der Waals surface area contributed by atoms with E-state index < -0.39 is 0 Å². The lowest BCUT2D eigenvalue weighted by Crippen LogP contribution is -2.36. The Hall–Kier alpha value is -1.69. The van der Waals surface area contributed by atoms with Crippen LogP contribution >= 0.6 is 0 Å². The zero-order chi connectivity index (χ0) is 19.1. The second-order valence-corrected chi connectivity index (χ2v) is 6.16. The number of hydrogen-bond donors (Lipinski definition) is 1. The summed E-state index contributed by atoms with van der Waals surface area (Å²) in [5.41, 5.74) is 0. The molecule has 6 heteroatoms. The second kappa shape index (κ2) is 14.9. The van der Waals surface area contributed by atoms with Gasteiger partial charge in [0, 0.05) is 32.1 Å². The van der Waals surface area contributed by atoms with E-state index in [4.69, 9.17) is 0 Å². The minimum Gasteiger partial charge on any atom is -0.357 e. The molecule has 24 heavy (non-hydrogen) atoms. The average molecular weight is 341 g/mol. The van der Waals surface area contributed by atoms with E-state index in [0.717, 1.165) is 13.0 Å². The fraction of sp³-hybridized carbons (Fsp3) is 0.722. The molecule has 0 aliphatic carbocycles. The van der Waals surface area contributed by atoms with Gasteiger partial charge in [-0.25, -0.2) is 0 Å². The number of hydrogen-bond acceptors (Lipinski definition) is 4. The van der Waals surface area contributed by atoms with Crippen molar-refractivity contribution in [3.05, 3.63) is 12.2 Å². The van der Waals surface area contributed by atoms with E-state index >= 15 is 0 Å². The molecule has 0 aromatic heterocycles. The van der Waals surface area contributed by atoms with Gasteiger partial charge < -0.3 is 10.2 Å². The van der Waals surface area contributed by atoms with Gasteiger partial charge in [0.15, 0.2) is 5.78 Å². The maximum absolute atomic E-state index is 11.6. The number of nitrogens with one attached hydrogen (secondary N) is 1. The molecule has 0 spiro atoms. The number of ketones is 1. The molecule has 0 fully saturated rings. The molecule has 0 rings (SSSR count). The minimum atomic E-state index is 0.0828. The van der Waals surface area contributed by atoms with E-state index in [1.165, 1.54) is 0 Å². The molecule has 1 atom stereocenters. The van der Waals surface area contributed by atoms with Gasteiger partial charge in [-0.2, -0.15) is 0 Å². The third kappa shape index (κ3) is 13.9. The topological polar surface area (TPSA) is 69.7 Å². The third-order valence-electron chi connectivity index (χ3n) is 3.50. The number of amides is 2. The first kappa shape index (κ1) is 24.6. The fourth-order valence-electron chi connectivity index (χ4n) is 1.44. The van der Waals surface area contributed by atoms with E-state index in [1.807, 2.05) is 52.6 Å². The summed E-state index contributed by atoms with van der Waals surface area (Å²) in [6, 6.07) is 0.280. The van der Waals surface area contributed by atoms with Crippen molar-refractivity contribution in [2.24, 2.45) is 5.92 Å². The van der Waals surface area contributed by atoms with Gasteiger partial charge in [0.25, 0.3) is 0 Å². The average Bonchev–Trinajstić information content (AvgIpc) is 2.53. The molecule has 0 aliphatic rings. The highest BCUT2D eigenvalue weighted by molar-refractivity contribution is 5.91. The maximum atomic E-state index is 11.6. The second-order valence-electron chi connectivity index (χ2n) is 6.16. The van der Waals surface area contributed by atoms with Crippen molar-refractivity contribution in [3.8, 4) is 0 Å². The van der Waals surface area contributed by atoms with E-state index in [2.05, 4.69) is 5.32 Å². The Balaban J connectivity index is 0. The summed E-state index contributed by atoms with van der Waals surface area (Å²) in [4.78, 5) is 36.3. The van der Waals surface area contributed by atoms with Gasteiger partial charge in [0.05, 0.1) is 6.54 Å². The molecule has 0 aromatic rings. The summed E-state index contributed by atoms with van der Waals surface area (Å²) < 4.78 is 0. The largest absolute Gasteiger partial charge is 0.357 e. The van der Waals surface area contributed by atoms with Gasteiger partial charge in [0.1, 0.15) is 0 Å². The molecule has 0 aliphatic heterocycles. The predicted octanol–water partition coefficient (Wildman–Crippen LogP) is 1.71. The Morgan fingerprint density at radius 2 is 1.71 bits per heavy atom. The molecule has 140 valence electrons. The number of nitrogens with zero attached hydrogens (tertiary/aromatic N) is 2. The Morgan fingerprint density at radius 1 is 1.12 bits per heavy atom. The van der Waals surface area contributed by atoms with Crippen molar-refractivity contribution in [2.75, 3.05) is 33.7 Å². The monoisotopic (exact) mass is 341 g/mol. The van der Waals surface area contributed by atoms with Crippen LogP contribution in [0.15, 0.2) is 12.2 Å². The zero-order valence-corrected chi connectivity index (χ0v) is 16.3. The van der Waals surface area contributed by atoms with Crippen molar-refractivity contribution in [3.63, 3.8) is 0 Å². The molecule has 6 nitrogen and oxygen atoms in total. The number of carbonyl (C=O) groups is 3. The highest BCUT2D eigenvalue weighted by Crippen LogP contribution is 2.02. The summed E-state index contributed by atoms with van der Waals surface area (Å²) in [5, 5.41) is 2.53. The van der Waals surface area contributed by atoms with Crippen molar-refractivity contribution in [1.29, 1.82) is 0 Å². The quantitative estimate of drug-likeness (QED) is 0.485. The Labute approximate surface area is 147 Å².